The molecule has 2 rings (SSSR count). The van der Waals surface area contributed by atoms with E-state index in [1.54, 1.807) is 0 Å². The van der Waals surface area contributed by atoms with Crippen molar-refractivity contribution in [2.75, 3.05) is 5.32 Å². The van der Waals surface area contributed by atoms with Gasteiger partial charge in [-0.05, 0) is 40.2 Å². The van der Waals surface area contributed by atoms with Gasteiger partial charge >= 0.3 is 6.18 Å². The van der Waals surface area contributed by atoms with Crippen molar-refractivity contribution < 1.29 is 26.7 Å². The summed E-state index contributed by atoms with van der Waals surface area (Å²) in [6, 6.07) is 3.97. The minimum absolute atomic E-state index is 0.0169. The van der Waals surface area contributed by atoms with E-state index in [2.05, 4.69) is 21.2 Å². The maximum atomic E-state index is 14.1. The second kappa shape index (κ2) is 6.27. The van der Waals surface area contributed by atoms with Gasteiger partial charge in [0.05, 0.1) is 5.56 Å². The van der Waals surface area contributed by atoms with Crippen molar-refractivity contribution in [2.24, 2.45) is 0 Å². The van der Waals surface area contributed by atoms with Crippen molar-refractivity contribution in [1.82, 2.24) is 0 Å². The molecule has 2 aromatic carbocycles. The molecule has 122 valence electrons. The molecule has 0 spiro atoms. The first kappa shape index (κ1) is 17.4. The molecule has 0 saturated heterocycles. The van der Waals surface area contributed by atoms with Crippen LogP contribution in [0, 0.1) is 11.6 Å². The average Bonchev–Trinajstić information content (AvgIpc) is 2.37. The van der Waals surface area contributed by atoms with Crippen LogP contribution in [-0.4, -0.2) is 5.91 Å². The molecule has 0 aliphatic heterocycles. The zero-order valence-corrected chi connectivity index (χ0v) is 13.1. The highest BCUT2D eigenvalue weighted by molar-refractivity contribution is 9.10. The molecule has 0 aromatic heterocycles. The standard InChI is InChI=1S/C15H9BrF5NO/c1-7(23)22-13-3-2-8(15(19,20)21)4-10(13)14-11(16)5-9(17)6-12(14)18/h2-6H,1H3,(H,22,23). The van der Waals surface area contributed by atoms with Crippen LogP contribution < -0.4 is 5.32 Å². The van der Waals surface area contributed by atoms with Crippen LogP contribution in [0.1, 0.15) is 12.5 Å². The summed E-state index contributed by atoms with van der Waals surface area (Å²) in [6.07, 6.45) is -4.65. The van der Waals surface area contributed by atoms with Gasteiger partial charge in [0.25, 0.3) is 0 Å². The maximum Gasteiger partial charge on any atom is 0.416 e. The van der Waals surface area contributed by atoms with Crippen LogP contribution in [0.25, 0.3) is 11.1 Å². The second-order valence-electron chi connectivity index (χ2n) is 4.68. The number of benzene rings is 2. The number of amides is 1. The van der Waals surface area contributed by atoms with Gasteiger partial charge in [0.2, 0.25) is 5.91 Å². The van der Waals surface area contributed by atoms with E-state index in [4.69, 9.17) is 0 Å². The van der Waals surface area contributed by atoms with Crippen LogP contribution in [-0.2, 0) is 11.0 Å². The Hall–Kier alpha value is -1.96. The normalized spacial score (nSPS) is 11.4. The fourth-order valence-electron chi connectivity index (χ4n) is 2.03. The van der Waals surface area contributed by atoms with Crippen molar-refractivity contribution in [3.63, 3.8) is 0 Å². The van der Waals surface area contributed by atoms with Gasteiger partial charge in [-0.1, -0.05) is 0 Å². The van der Waals surface area contributed by atoms with Crippen molar-refractivity contribution in [3.8, 4) is 11.1 Å². The molecule has 1 N–H and O–H groups in total. The number of alkyl halides is 3. The lowest BCUT2D eigenvalue weighted by atomic mass is 9.99. The molecule has 0 aliphatic carbocycles. The van der Waals surface area contributed by atoms with Gasteiger partial charge in [0.15, 0.2) is 0 Å². The quantitative estimate of drug-likeness (QED) is 0.682. The van der Waals surface area contributed by atoms with Gasteiger partial charge in [0, 0.05) is 34.3 Å². The average molecular weight is 394 g/mol. The van der Waals surface area contributed by atoms with Crippen molar-refractivity contribution >= 4 is 27.5 Å². The third-order valence-corrected chi connectivity index (χ3v) is 3.56. The first-order valence-electron chi connectivity index (χ1n) is 6.23. The Kier molecular flexibility index (Phi) is 4.74. The molecule has 2 aromatic rings. The summed E-state index contributed by atoms with van der Waals surface area (Å²) < 4.78 is 65.9. The Morgan fingerprint density at radius 3 is 2.30 bits per heavy atom. The number of halogens is 6. The van der Waals surface area contributed by atoms with Crippen molar-refractivity contribution in [1.29, 1.82) is 0 Å². The summed E-state index contributed by atoms with van der Waals surface area (Å²) >= 11 is 2.94. The third kappa shape index (κ3) is 3.87. The molecule has 8 heteroatoms. The Morgan fingerprint density at radius 2 is 1.78 bits per heavy atom. The lowest BCUT2D eigenvalue weighted by molar-refractivity contribution is -0.137. The summed E-state index contributed by atoms with van der Waals surface area (Å²) in [5.74, 6) is -2.47. The van der Waals surface area contributed by atoms with E-state index >= 15 is 0 Å². The first-order valence-corrected chi connectivity index (χ1v) is 7.02. The molecule has 0 aliphatic rings. The van der Waals surface area contributed by atoms with Gasteiger partial charge < -0.3 is 5.32 Å². The minimum Gasteiger partial charge on any atom is -0.326 e. The number of rotatable bonds is 2. The van der Waals surface area contributed by atoms with Crippen LogP contribution in [0.15, 0.2) is 34.8 Å². The topological polar surface area (TPSA) is 29.1 Å². The zero-order valence-electron chi connectivity index (χ0n) is 11.6. The van der Waals surface area contributed by atoms with Crippen LogP contribution in [0.2, 0.25) is 0 Å². The van der Waals surface area contributed by atoms with E-state index < -0.39 is 29.3 Å². The number of carbonyl (C=O) groups is 1. The molecule has 1 amide bonds. The van der Waals surface area contributed by atoms with Crippen LogP contribution >= 0.6 is 15.9 Å². The highest BCUT2D eigenvalue weighted by Gasteiger charge is 2.31. The lowest BCUT2D eigenvalue weighted by Gasteiger charge is -2.16. The predicted octanol–water partition coefficient (Wildman–Crippen LogP) is 5.37. The van der Waals surface area contributed by atoms with Crippen LogP contribution in [0.4, 0.5) is 27.6 Å². The Labute approximate surface area is 136 Å². The molecule has 0 radical (unpaired) electrons. The molecular formula is C15H9BrF5NO. The molecular weight excluding hydrogens is 385 g/mol. The van der Waals surface area contributed by atoms with Gasteiger partial charge in [0.1, 0.15) is 11.6 Å². The van der Waals surface area contributed by atoms with Crippen molar-refractivity contribution in [3.05, 3.63) is 52.0 Å². The lowest BCUT2D eigenvalue weighted by Crippen LogP contribution is -2.10. The molecule has 23 heavy (non-hydrogen) atoms. The van der Waals surface area contributed by atoms with Crippen LogP contribution in [0.5, 0.6) is 0 Å². The number of carbonyl (C=O) groups excluding carboxylic acids is 1. The summed E-state index contributed by atoms with van der Waals surface area (Å²) in [4.78, 5) is 11.2. The third-order valence-electron chi connectivity index (χ3n) is 2.93. The molecule has 0 saturated carbocycles. The zero-order chi connectivity index (χ0) is 17.4. The summed E-state index contributed by atoms with van der Waals surface area (Å²) in [5, 5.41) is 2.33. The summed E-state index contributed by atoms with van der Waals surface area (Å²) in [7, 11) is 0. The van der Waals surface area contributed by atoms with Gasteiger partial charge in [-0.25, -0.2) is 8.78 Å². The minimum atomic E-state index is -4.65. The Bertz CT molecular complexity index is 750. The number of hydrogen-bond donors (Lipinski definition) is 1. The Morgan fingerprint density at radius 1 is 1.13 bits per heavy atom. The fraction of sp³-hybridized carbons (Fsp3) is 0.133. The summed E-state index contributed by atoms with van der Waals surface area (Å²) in [6.45, 7) is 1.16. The highest BCUT2D eigenvalue weighted by atomic mass is 79.9. The van der Waals surface area contributed by atoms with Gasteiger partial charge in [-0.15, -0.1) is 0 Å². The van der Waals surface area contributed by atoms with E-state index in [0.29, 0.717) is 12.1 Å². The fourth-order valence-corrected chi connectivity index (χ4v) is 2.65. The number of hydrogen-bond acceptors (Lipinski definition) is 1. The molecule has 2 nitrogen and oxygen atoms in total. The highest BCUT2D eigenvalue weighted by Crippen LogP contribution is 2.40. The predicted molar refractivity (Wildman–Crippen MR) is 78.8 cm³/mol. The molecule has 0 unspecified atom stereocenters. The smallest absolute Gasteiger partial charge is 0.326 e. The van der Waals surface area contributed by atoms with E-state index in [1.807, 2.05) is 0 Å². The number of anilines is 1. The van der Waals surface area contributed by atoms with E-state index in [9.17, 15) is 26.7 Å². The van der Waals surface area contributed by atoms with Crippen LogP contribution in [0.3, 0.4) is 0 Å². The van der Waals surface area contributed by atoms with E-state index in [-0.39, 0.29) is 21.3 Å². The SMILES string of the molecule is CC(=O)Nc1ccc(C(F)(F)F)cc1-c1c(F)cc(F)cc1Br. The monoisotopic (exact) mass is 393 g/mol. The second-order valence-corrected chi connectivity index (χ2v) is 5.54. The first-order chi connectivity index (χ1) is 10.6. The van der Waals surface area contributed by atoms with E-state index in [1.165, 1.54) is 0 Å². The molecule has 0 heterocycles. The Balaban J connectivity index is 2.74. The maximum absolute atomic E-state index is 14.1. The molecule has 0 atom stereocenters. The molecule has 0 fully saturated rings. The van der Waals surface area contributed by atoms with Gasteiger partial charge in [-0.3, -0.25) is 4.79 Å². The van der Waals surface area contributed by atoms with E-state index in [0.717, 1.165) is 25.1 Å². The largest absolute Gasteiger partial charge is 0.416 e. The summed E-state index contributed by atoms with van der Waals surface area (Å²) in [5.41, 5.74) is -1.52. The van der Waals surface area contributed by atoms with Gasteiger partial charge in [-0.2, -0.15) is 13.2 Å². The molecule has 0 bridgehead atoms. The number of nitrogens with one attached hydrogen (secondary N) is 1. The van der Waals surface area contributed by atoms with Crippen molar-refractivity contribution in [2.45, 2.75) is 13.1 Å².